The van der Waals surface area contributed by atoms with E-state index < -0.39 is 0 Å². The third kappa shape index (κ3) is 2.38. The van der Waals surface area contributed by atoms with E-state index in [1.165, 1.54) is 16.8 Å². The summed E-state index contributed by atoms with van der Waals surface area (Å²) in [5.41, 5.74) is 3.17. The summed E-state index contributed by atoms with van der Waals surface area (Å²) in [4.78, 5) is 4.62. The van der Waals surface area contributed by atoms with E-state index in [0.29, 0.717) is 5.92 Å². The summed E-state index contributed by atoms with van der Waals surface area (Å²) in [6.07, 6.45) is 0. The lowest BCUT2D eigenvalue weighted by Gasteiger charge is -2.01. The lowest BCUT2D eigenvalue weighted by molar-refractivity contribution is 0.628. The number of aromatic nitrogens is 1. The molecule has 0 spiro atoms. The van der Waals surface area contributed by atoms with Gasteiger partial charge in [0.1, 0.15) is 5.82 Å². The molecule has 1 heterocycles. The van der Waals surface area contributed by atoms with Crippen LogP contribution in [0, 0.1) is 5.82 Å². The number of rotatable bonds is 2. The van der Waals surface area contributed by atoms with Gasteiger partial charge in [-0.2, -0.15) is 0 Å². The van der Waals surface area contributed by atoms with E-state index in [0.717, 1.165) is 21.7 Å². The fourth-order valence-electron chi connectivity index (χ4n) is 2.01. The minimum atomic E-state index is -0.204. The molecule has 0 saturated heterocycles. The second-order valence-electron chi connectivity index (χ2n) is 4.90. The molecule has 96 valence electrons. The smallest absolute Gasteiger partial charge is 0.123 e. The maximum atomic E-state index is 12.9. The first-order chi connectivity index (χ1) is 9.13. The highest BCUT2D eigenvalue weighted by Crippen LogP contribution is 2.31. The van der Waals surface area contributed by atoms with Gasteiger partial charge in [-0.15, -0.1) is 11.3 Å². The summed E-state index contributed by atoms with van der Waals surface area (Å²) in [7, 11) is 0. The van der Waals surface area contributed by atoms with Crippen LogP contribution in [-0.2, 0) is 0 Å². The Morgan fingerprint density at radius 3 is 2.37 bits per heavy atom. The zero-order valence-electron chi connectivity index (χ0n) is 10.9. The normalized spacial score (nSPS) is 11.4. The molecule has 0 N–H and O–H groups in total. The van der Waals surface area contributed by atoms with Gasteiger partial charge in [0.2, 0.25) is 0 Å². The van der Waals surface area contributed by atoms with Gasteiger partial charge in [-0.05, 0) is 35.4 Å². The van der Waals surface area contributed by atoms with E-state index in [4.69, 9.17) is 0 Å². The predicted octanol–water partition coefficient (Wildman–Crippen LogP) is 5.23. The molecule has 0 atom stereocenters. The Hall–Kier alpha value is -1.74. The average Bonchev–Trinajstić information content (AvgIpc) is 2.82. The highest BCUT2D eigenvalue weighted by molar-refractivity contribution is 7.18. The van der Waals surface area contributed by atoms with E-state index in [9.17, 15) is 4.39 Å². The van der Waals surface area contributed by atoms with Crippen LogP contribution in [0.1, 0.15) is 24.8 Å². The van der Waals surface area contributed by atoms with Crippen molar-refractivity contribution in [2.75, 3.05) is 0 Å². The molecular weight excluding hydrogens is 257 g/mol. The molecule has 19 heavy (non-hydrogen) atoms. The molecule has 0 bridgehead atoms. The van der Waals surface area contributed by atoms with Crippen molar-refractivity contribution in [1.29, 1.82) is 0 Å². The number of hydrogen-bond donors (Lipinski definition) is 0. The molecule has 2 aromatic carbocycles. The Morgan fingerprint density at radius 1 is 1.00 bits per heavy atom. The molecule has 3 rings (SSSR count). The van der Waals surface area contributed by atoms with Crippen molar-refractivity contribution < 1.29 is 4.39 Å². The van der Waals surface area contributed by atoms with Crippen LogP contribution >= 0.6 is 11.3 Å². The molecule has 0 aliphatic carbocycles. The minimum Gasteiger partial charge on any atom is -0.241 e. The topological polar surface area (TPSA) is 12.9 Å². The predicted molar refractivity (Wildman–Crippen MR) is 79.1 cm³/mol. The first-order valence-corrected chi connectivity index (χ1v) is 7.11. The number of benzene rings is 2. The van der Waals surface area contributed by atoms with E-state index in [2.05, 4.69) is 24.9 Å². The largest absolute Gasteiger partial charge is 0.241 e. The maximum absolute atomic E-state index is 12.9. The van der Waals surface area contributed by atoms with Crippen molar-refractivity contribution in [2.24, 2.45) is 0 Å². The van der Waals surface area contributed by atoms with Crippen LogP contribution in [0.15, 0.2) is 42.5 Å². The number of nitrogens with zero attached hydrogens (tertiary/aromatic N) is 1. The van der Waals surface area contributed by atoms with Gasteiger partial charge in [-0.25, -0.2) is 9.37 Å². The van der Waals surface area contributed by atoms with Crippen molar-refractivity contribution in [3.63, 3.8) is 0 Å². The third-order valence-electron chi connectivity index (χ3n) is 3.08. The Kier molecular flexibility index (Phi) is 3.07. The van der Waals surface area contributed by atoms with Crippen LogP contribution in [0.25, 0.3) is 21.3 Å². The van der Waals surface area contributed by atoms with Gasteiger partial charge in [0, 0.05) is 5.92 Å². The van der Waals surface area contributed by atoms with E-state index in [1.54, 1.807) is 23.5 Å². The molecule has 1 aromatic heterocycles. The van der Waals surface area contributed by atoms with Crippen LogP contribution in [0.5, 0.6) is 0 Å². The average molecular weight is 271 g/mol. The van der Waals surface area contributed by atoms with Crippen LogP contribution < -0.4 is 0 Å². The molecule has 0 fully saturated rings. The zero-order chi connectivity index (χ0) is 13.4. The summed E-state index contributed by atoms with van der Waals surface area (Å²) in [5, 5.41) is 1.16. The lowest BCUT2D eigenvalue weighted by atomic mass is 10.1. The Morgan fingerprint density at radius 2 is 1.68 bits per heavy atom. The summed E-state index contributed by atoms with van der Waals surface area (Å²) < 4.78 is 14.1. The van der Waals surface area contributed by atoms with Crippen molar-refractivity contribution in [1.82, 2.24) is 4.98 Å². The summed E-state index contributed by atoms with van der Waals surface area (Å²) in [6.45, 7) is 4.30. The van der Waals surface area contributed by atoms with Gasteiger partial charge in [-0.3, -0.25) is 0 Å². The second kappa shape index (κ2) is 4.74. The monoisotopic (exact) mass is 271 g/mol. The maximum Gasteiger partial charge on any atom is 0.123 e. The van der Waals surface area contributed by atoms with Gasteiger partial charge >= 0.3 is 0 Å². The minimum absolute atomic E-state index is 0.204. The molecule has 0 aliphatic rings. The fourth-order valence-corrected chi connectivity index (χ4v) is 3.02. The molecule has 3 aromatic rings. The number of thiazole rings is 1. The molecule has 0 aliphatic heterocycles. The van der Waals surface area contributed by atoms with Crippen LogP contribution in [0.3, 0.4) is 0 Å². The van der Waals surface area contributed by atoms with Gasteiger partial charge in [-0.1, -0.05) is 32.0 Å². The third-order valence-corrected chi connectivity index (χ3v) is 4.40. The molecule has 1 nitrogen and oxygen atoms in total. The molecule has 0 unspecified atom stereocenters. The van der Waals surface area contributed by atoms with Crippen molar-refractivity contribution in [2.45, 2.75) is 19.8 Å². The Balaban J connectivity index is 2.08. The molecular formula is C16H14FNS. The molecule has 3 heteroatoms. The van der Waals surface area contributed by atoms with Gasteiger partial charge in [0.25, 0.3) is 0 Å². The first kappa shape index (κ1) is 12.3. The second-order valence-corrected chi connectivity index (χ2v) is 5.96. The van der Waals surface area contributed by atoms with E-state index >= 15 is 0 Å². The van der Waals surface area contributed by atoms with Crippen LogP contribution in [0.4, 0.5) is 4.39 Å². The lowest BCUT2D eigenvalue weighted by Crippen LogP contribution is -1.83. The van der Waals surface area contributed by atoms with Gasteiger partial charge in [0.05, 0.1) is 15.2 Å². The van der Waals surface area contributed by atoms with E-state index in [1.807, 2.05) is 12.1 Å². The fraction of sp³-hybridized carbons (Fsp3) is 0.188. The van der Waals surface area contributed by atoms with Crippen LogP contribution in [0.2, 0.25) is 0 Å². The molecule has 0 amide bonds. The highest BCUT2D eigenvalue weighted by Gasteiger charge is 2.08. The van der Waals surface area contributed by atoms with Gasteiger partial charge in [0.15, 0.2) is 0 Å². The number of fused-ring (bicyclic) bond motifs is 1. The molecule has 0 saturated carbocycles. The van der Waals surface area contributed by atoms with Crippen molar-refractivity contribution in [3.8, 4) is 11.1 Å². The van der Waals surface area contributed by atoms with Crippen LogP contribution in [-0.4, -0.2) is 4.98 Å². The summed E-state index contributed by atoms with van der Waals surface area (Å²) in [5.74, 6) is 0.247. The highest BCUT2D eigenvalue weighted by atomic mass is 32.1. The quantitative estimate of drug-likeness (QED) is 0.622. The van der Waals surface area contributed by atoms with Crippen molar-refractivity contribution in [3.05, 3.63) is 53.3 Å². The van der Waals surface area contributed by atoms with Crippen molar-refractivity contribution >= 4 is 21.6 Å². The number of hydrogen-bond acceptors (Lipinski definition) is 2. The Bertz CT molecular complexity index is 713. The SMILES string of the molecule is CC(C)c1nc2ccc(-c3ccc(F)cc3)cc2s1. The zero-order valence-corrected chi connectivity index (χ0v) is 11.7. The molecule has 0 radical (unpaired) electrons. The first-order valence-electron chi connectivity index (χ1n) is 6.30. The Labute approximate surface area is 115 Å². The van der Waals surface area contributed by atoms with Gasteiger partial charge < -0.3 is 0 Å². The standard InChI is InChI=1S/C16H14FNS/c1-10(2)16-18-14-8-5-12(9-15(14)19-16)11-3-6-13(17)7-4-11/h3-10H,1-2H3. The number of halogens is 1. The summed E-state index contributed by atoms with van der Waals surface area (Å²) in [6, 6.07) is 12.8. The van der Waals surface area contributed by atoms with E-state index in [-0.39, 0.29) is 5.82 Å². The summed E-state index contributed by atoms with van der Waals surface area (Å²) >= 11 is 1.73.